The number of carbonyl (C=O) groups excluding carboxylic acids is 1. The fraction of sp³-hybridized carbons (Fsp3) is 0.300. The number of fused-ring (bicyclic) bond motifs is 2. The Hall–Kier alpha value is -2.25. The number of rotatable bonds is 4. The molecule has 1 aliphatic heterocycles. The Morgan fingerprint density at radius 1 is 1.22 bits per heavy atom. The van der Waals surface area contributed by atoms with Gasteiger partial charge in [-0.2, -0.15) is 16.8 Å². The molecular formula is C20H20N2O3S2. The summed E-state index contributed by atoms with van der Waals surface area (Å²) in [6, 6.07) is 11.5. The Labute approximate surface area is 165 Å². The normalized spacial score (nSPS) is 13.9. The van der Waals surface area contributed by atoms with Gasteiger partial charge in [0.05, 0.1) is 10.2 Å². The second kappa shape index (κ2) is 7.78. The molecule has 0 radical (unpaired) electrons. The summed E-state index contributed by atoms with van der Waals surface area (Å²) in [7, 11) is 0. The van der Waals surface area contributed by atoms with E-state index in [0.717, 1.165) is 39.6 Å². The summed E-state index contributed by atoms with van der Waals surface area (Å²) in [5.74, 6) is 2.22. The van der Waals surface area contributed by atoms with E-state index < -0.39 is 0 Å². The lowest BCUT2D eigenvalue weighted by Gasteiger charge is -2.18. The average molecular weight is 401 g/mol. The third kappa shape index (κ3) is 3.75. The van der Waals surface area contributed by atoms with Crippen molar-refractivity contribution in [3.8, 4) is 11.5 Å². The first kappa shape index (κ1) is 18.1. The van der Waals surface area contributed by atoms with Crippen LogP contribution in [-0.4, -0.2) is 35.7 Å². The second-order valence-corrected chi connectivity index (χ2v) is 8.27. The second-order valence-electron chi connectivity index (χ2n) is 6.28. The van der Waals surface area contributed by atoms with Crippen molar-refractivity contribution in [2.75, 3.05) is 25.2 Å². The molecule has 0 spiro atoms. The van der Waals surface area contributed by atoms with Gasteiger partial charge in [0.15, 0.2) is 16.3 Å². The van der Waals surface area contributed by atoms with Crippen LogP contribution < -0.4 is 14.3 Å². The highest BCUT2D eigenvalue weighted by atomic mass is 32.2. The van der Waals surface area contributed by atoms with Gasteiger partial charge in [-0.1, -0.05) is 29.0 Å². The van der Waals surface area contributed by atoms with Gasteiger partial charge >= 0.3 is 0 Å². The lowest BCUT2D eigenvalue weighted by Crippen LogP contribution is -2.18. The molecule has 0 atom stereocenters. The van der Waals surface area contributed by atoms with Gasteiger partial charge in [-0.15, -0.1) is 0 Å². The molecule has 7 heteroatoms. The fourth-order valence-corrected chi connectivity index (χ4v) is 4.45. The van der Waals surface area contributed by atoms with Gasteiger partial charge < -0.3 is 14.0 Å². The maximum absolute atomic E-state index is 12.7. The lowest BCUT2D eigenvalue weighted by molar-refractivity contribution is 0.0998. The highest BCUT2D eigenvalue weighted by molar-refractivity contribution is 7.98. The molecule has 1 amide bonds. The SMILES string of the molecule is CSCCn1c(=NC(=O)c2cccc(C)c2)sc2cc3c(cc21)OCCO3. The van der Waals surface area contributed by atoms with Gasteiger partial charge in [0, 0.05) is 30.0 Å². The molecule has 0 fully saturated rings. The van der Waals surface area contributed by atoms with Crippen LogP contribution in [0.3, 0.4) is 0 Å². The molecule has 0 N–H and O–H groups in total. The van der Waals surface area contributed by atoms with Crippen molar-refractivity contribution in [3.63, 3.8) is 0 Å². The Morgan fingerprint density at radius 3 is 2.74 bits per heavy atom. The van der Waals surface area contributed by atoms with Crippen LogP contribution >= 0.6 is 23.1 Å². The van der Waals surface area contributed by atoms with Gasteiger partial charge in [-0.25, -0.2) is 0 Å². The van der Waals surface area contributed by atoms with E-state index in [1.165, 1.54) is 11.3 Å². The molecule has 1 aliphatic rings. The number of aryl methyl sites for hydroxylation is 2. The summed E-state index contributed by atoms with van der Waals surface area (Å²) in [5.41, 5.74) is 2.67. The van der Waals surface area contributed by atoms with Crippen LogP contribution in [0.25, 0.3) is 10.2 Å². The van der Waals surface area contributed by atoms with Crippen LogP contribution in [0.15, 0.2) is 41.4 Å². The first-order valence-corrected chi connectivity index (χ1v) is 10.9. The van der Waals surface area contributed by atoms with Crippen molar-refractivity contribution < 1.29 is 14.3 Å². The summed E-state index contributed by atoms with van der Waals surface area (Å²) in [6.45, 7) is 3.86. The summed E-state index contributed by atoms with van der Waals surface area (Å²) in [6.07, 6.45) is 2.07. The Balaban J connectivity index is 1.84. The minimum atomic E-state index is -0.222. The smallest absolute Gasteiger partial charge is 0.279 e. The number of benzene rings is 2. The Morgan fingerprint density at radius 2 is 2.00 bits per heavy atom. The average Bonchev–Trinajstić information content (AvgIpc) is 3.00. The first-order chi connectivity index (χ1) is 13.2. The maximum Gasteiger partial charge on any atom is 0.279 e. The molecule has 27 heavy (non-hydrogen) atoms. The van der Waals surface area contributed by atoms with Gasteiger partial charge in [0.2, 0.25) is 0 Å². The zero-order valence-electron chi connectivity index (χ0n) is 15.2. The molecule has 0 saturated heterocycles. The van der Waals surface area contributed by atoms with Gasteiger partial charge in [-0.3, -0.25) is 4.79 Å². The minimum absolute atomic E-state index is 0.222. The summed E-state index contributed by atoms with van der Waals surface area (Å²) in [4.78, 5) is 17.8. The number of amides is 1. The van der Waals surface area contributed by atoms with E-state index in [9.17, 15) is 4.79 Å². The van der Waals surface area contributed by atoms with E-state index in [0.29, 0.717) is 23.6 Å². The van der Waals surface area contributed by atoms with Crippen molar-refractivity contribution in [2.45, 2.75) is 13.5 Å². The third-order valence-electron chi connectivity index (χ3n) is 4.33. The van der Waals surface area contributed by atoms with Crippen LogP contribution in [0, 0.1) is 6.92 Å². The molecule has 0 aliphatic carbocycles. The highest BCUT2D eigenvalue weighted by Gasteiger charge is 2.17. The zero-order valence-corrected chi connectivity index (χ0v) is 16.9. The summed E-state index contributed by atoms with van der Waals surface area (Å²) >= 11 is 3.27. The van der Waals surface area contributed by atoms with E-state index in [-0.39, 0.29) is 5.91 Å². The van der Waals surface area contributed by atoms with Gasteiger partial charge in [0.1, 0.15) is 13.2 Å². The molecule has 2 heterocycles. The van der Waals surface area contributed by atoms with Crippen LogP contribution in [0.5, 0.6) is 11.5 Å². The quantitative estimate of drug-likeness (QED) is 0.667. The molecule has 4 rings (SSSR count). The molecular weight excluding hydrogens is 380 g/mol. The largest absolute Gasteiger partial charge is 0.486 e. The Bertz CT molecular complexity index is 1070. The van der Waals surface area contributed by atoms with E-state index in [1.807, 2.05) is 37.3 Å². The number of thiazole rings is 1. The predicted octanol–water partition coefficient (Wildman–Crippen LogP) is 3.89. The van der Waals surface area contributed by atoms with Crippen molar-refractivity contribution in [1.82, 2.24) is 4.57 Å². The minimum Gasteiger partial charge on any atom is -0.486 e. The van der Waals surface area contributed by atoms with Crippen LogP contribution in [0.1, 0.15) is 15.9 Å². The zero-order chi connectivity index (χ0) is 18.8. The maximum atomic E-state index is 12.7. The number of carbonyl (C=O) groups is 1. The molecule has 5 nitrogen and oxygen atoms in total. The van der Waals surface area contributed by atoms with Crippen molar-refractivity contribution in [3.05, 3.63) is 52.3 Å². The predicted molar refractivity (Wildman–Crippen MR) is 110 cm³/mol. The van der Waals surface area contributed by atoms with Crippen LogP contribution in [0.4, 0.5) is 0 Å². The van der Waals surface area contributed by atoms with Crippen molar-refractivity contribution >= 4 is 39.2 Å². The number of hydrogen-bond donors (Lipinski definition) is 0. The third-order valence-corrected chi connectivity index (χ3v) is 5.96. The Kier molecular flexibility index (Phi) is 5.22. The number of hydrogen-bond acceptors (Lipinski definition) is 5. The molecule has 0 unspecified atom stereocenters. The van der Waals surface area contributed by atoms with E-state index >= 15 is 0 Å². The number of aromatic nitrogens is 1. The van der Waals surface area contributed by atoms with E-state index in [4.69, 9.17) is 9.47 Å². The van der Waals surface area contributed by atoms with Gasteiger partial charge in [-0.05, 0) is 25.3 Å². The topological polar surface area (TPSA) is 52.8 Å². The summed E-state index contributed by atoms with van der Waals surface area (Å²) < 4.78 is 14.6. The van der Waals surface area contributed by atoms with Crippen LogP contribution in [-0.2, 0) is 6.54 Å². The number of nitrogens with zero attached hydrogens (tertiary/aromatic N) is 2. The first-order valence-electron chi connectivity index (χ1n) is 8.73. The molecule has 0 bridgehead atoms. The van der Waals surface area contributed by atoms with Crippen molar-refractivity contribution in [2.24, 2.45) is 4.99 Å². The monoisotopic (exact) mass is 400 g/mol. The molecule has 2 aromatic carbocycles. The molecule has 0 saturated carbocycles. The summed E-state index contributed by atoms with van der Waals surface area (Å²) in [5, 5.41) is 0. The van der Waals surface area contributed by atoms with Crippen molar-refractivity contribution in [1.29, 1.82) is 0 Å². The molecule has 1 aromatic heterocycles. The fourth-order valence-electron chi connectivity index (χ4n) is 3.02. The van der Waals surface area contributed by atoms with Crippen LogP contribution in [0.2, 0.25) is 0 Å². The van der Waals surface area contributed by atoms with E-state index in [1.54, 1.807) is 17.8 Å². The lowest BCUT2D eigenvalue weighted by atomic mass is 10.1. The number of ether oxygens (including phenoxy) is 2. The van der Waals surface area contributed by atoms with E-state index in [2.05, 4.69) is 15.8 Å². The van der Waals surface area contributed by atoms with Gasteiger partial charge in [0.25, 0.3) is 5.91 Å². The number of thioether (sulfide) groups is 1. The highest BCUT2D eigenvalue weighted by Crippen LogP contribution is 2.35. The molecule has 3 aromatic rings. The molecule has 140 valence electrons. The standard InChI is InChI=1S/C20H20N2O3S2/c1-13-4-3-5-14(10-13)19(23)21-20-22(6-9-26-2)15-11-16-17(12-18(15)27-20)25-8-7-24-16/h3-5,10-12H,6-9H2,1-2H3.